The predicted octanol–water partition coefficient (Wildman–Crippen LogP) is 4.61. The number of nitrogens with zero attached hydrogens (tertiary/aromatic N) is 1. The van der Waals surface area contributed by atoms with Crippen LogP contribution in [0.3, 0.4) is 0 Å². The standard InChI is InChI=1S/C27H36FNO4/c1-18-6-9-22(10-11-27(31)32)25(13-18)20(3)33-17-24(30)16-29-12-4-5-23(29)14-21-8-7-19(2)26(28)15-21/h6-9,13,15,20,23-24,30H,4-5,10-12,14,16-17H2,1-3H3,(H,31,32)/t20-,23+,24-/m1/s1. The number of hydrogen-bond donors (Lipinski definition) is 2. The summed E-state index contributed by atoms with van der Waals surface area (Å²) in [4.78, 5) is 13.3. The normalized spacial score (nSPS) is 18.4. The topological polar surface area (TPSA) is 70.0 Å². The summed E-state index contributed by atoms with van der Waals surface area (Å²) in [6.45, 7) is 7.35. The first kappa shape index (κ1) is 25.3. The van der Waals surface area contributed by atoms with Crippen LogP contribution < -0.4 is 0 Å². The number of rotatable bonds is 11. The van der Waals surface area contributed by atoms with Crippen molar-refractivity contribution in [3.8, 4) is 0 Å². The third-order valence-corrected chi connectivity index (χ3v) is 6.54. The van der Waals surface area contributed by atoms with Gasteiger partial charge < -0.3 is 14.9 Å². The smallest absolute Gasteiger partial charge is 0.303 e. The minimum absolute atomic E-state index is 0.0760. The number of likely N-dealkylation sites (tertiary alicyclic amines) is 1. The van der Waals surface area contributed by atoms with Gasteiger partial charge in [-0.25, -0.2) is 4.39 Å². The molecular formula is C27H36FNO4. The fraction of sp³-hybridized carbons (Fsp3) is 0.519. The Balaban J connectivity index is 1.54. The van der Waals surface area contributed by atoms with Crippen LogP contribution in [0.5, 0.6) is 0 Å². The van der Waals surface area contributed by atoms with Crippen LogP contribution in [-0.4, -0.2) is 52.9 Å². The van der Waals surface area contributed by atoms with Crippen LogP contribution in [0.2, 0.25) is 0 Å². The van der Waals surface area contributed by atoms with Crippen LogP contribution in [0, 0.1) is 19.7 Å². The molecule has 1 heterocycles. The van der Waals surface area contributed by atoms with E-state index in [0.717, 1.165) is 48.1 Å². The van der Waals surface area contributed by atoms with Crippen molar-refractivity contribution in [2.24, 2.45) is 0 Å². The zero-order valence-electron chi connectivity index (χ0n) is 19.9. The molecule has 1 fully saturated rings. The number of carboxylic acids is 1. The van der Waals surface area contributed by atoms with Crippen molar-refractivity contribution in [1.29, 1.82) is 0 Å². The van der Waals surface area contributed by atoms with E-state index in [1.165, 1.54) is 0 Å². The van der Waals surface area contributed by atoms with Gasteiger partial charge in [0.25, 0.3) is 0 Å². The number of aryl methyl sites for hydroxylation is 3. The monoisotopic (exact) mass is 457 g/mol. The summed E-state index contributed by atoms with van der Waals surface area (Å²) in [6.07, 6.45) is 2.54. The number of hydrogen-bond acceptors (Lipinski definition) is 4. The molecule has 0 amide bonds. The van der Waals surface area contributed by atoms with Crippen LogP contribution in [-0.2, 0) is 22.4 Å². The molecule has 2 aromatic carbocycles. The zero-order valence-corrected chi connectivity index (χ0v) is 19.9. The average Bonchev–Trinajstić information content (AvgIpc) is 3.19. The summed E-state index contributed by atoms with van der Waals surface area (Å²) >= 11 is 0. The number of aliphatic hydroxyl groups is 1. The number of benzene rings is 2. The van der Waals surface area contributed by atoms with Gasteiger partial charge in [0, 0.05) is 19.0 Å². The molecule has 1 aliphatic rings. The van der Waals surface area contributed by atoms with E-state index in [1.807, 2.05) is 44.2 Å². The lowest BCUT2D eigenvalue weighted by Gasteiger charge is -2.28. The summed E-state index contributed by atoms with van der Waals surface area (Å²) in [7, 11) is 0. The molecule has 2 aromatic rings. The van der Waals surface area contributed by atoms with Gasteiger partial charge in [0.15, 0.2) is 0 Å². The second-order valence-corrected chi connectivity index (χ2v) is 9.30. The maximum Gasteiger partial charge on any atom is 0.303 e. The summed E-state index contributed by atoms with van der Waals surface area (Å²) in [5.41, 5.74) is 4.68. The Kier molecular flexibility index (Phi) is 9.01. The molecule has 3 atom stereocenters. The van der Waals surface area contributed by atoms with Gasteiger partial charge in [-0.15, -0.1) is 0 Å². The molecule has 0 unspecified atom stereocenters. The fourth-order valence-corrected chi connectivity index (χ4v) is 4.63. The number of aliphatic hydroxyl groups excluding tert-OH is 1. The molecular weight excluding hydrogens is 421 g/mol. The van der Waals surface area contributed by atoms with Crippen LogP contribution in [0.4, 0.5) is 4.39 Å². The van der Waals surface area contributed by atoms with Gasteiger partial charge >= 0.3 is 5.97 Å². The first-order chi connectivity index (χ1) is 15.7. The van der Waals surface area contributed by atoms with Crippen molar-refractivity contribution < 1.29 is 24.1 Å². The Bertz CT molecular complexity index is 948. The molecule has 0 aromatic heterocycles. The first-order valence-corrected chi connectivity index (χ1v) is 11.8. The highest BCUT2D eigenvalue weighted by atomic mass is 19.1. The summed E-state index contributed by atoms with van der Waals surface area (Å²) in [5, 5.41) is 19.7. The third kappa shape index (κ3) is 7.36. The number of carboxylic acid groups (broad SMARTS) is 1. The summed E-state index contributed by atoms with van der Waals surface area (Å²) in [6, 6.07) is 11.7. The summed E-state index contributed by atoms with van der Waals surface area (Å²) in [5.74, 6) is -0.989. The molecule has 0 radical (unpaired) electrons. The Morgan fingerprint density at radius 3 is 2.76 bits per heavy atom. The highest BCUT2D eigenvalue weighted by Crippen LogP contribution is 2.25. The highest BCUT2D eigenvalue weighted by Gasteiger charge is 2.27. The van der Waals surface area contributed by atoms with Crippen molar-refractivity contribution in [2.75, 3.05) is 19.7 Å². The molecule has 2 N–H and O–H groups in total. The fourth-order valence-electron chi connectivity index (χ4n) is 4.63. The average molecular weight is 458 g/mol. The Hall–Kier alpha value is -2.28. The van der Waals surface area contributed by atoms with Gasteiger partial charge in [-0.2, -0.15) is 0 Å². The van der Waals surface area contributed by atoms with E-state index in [9.17, 15) is 14.3 Å². The van der Waals surface area contributed by atoms with Crippen LogP contribution >= 0.6 is 0 Å². The molecule has 5 nitrogen and oxygen atoms in total. The maximum absolute atomic E-state index is 13.9. The van der Waals surface area contributed by atoms with Crippen molar-refractivity contribution in [3.63, 3.8) is 0 Å². The molecule has 0 bridgehead atoms. The van der Waals surface area contributed by atoms with Crippen molar-refractivity contribution in [1.82, 2.24) is 4.90 Å². The van der Waals surface area contributed by atoms with Gasteiger partial charge in [-0.05, 0) is 81.3 Å². The maximum atomic E-state index is 13.9. The van der Waals surface area contributed by atoms with E-state index < -0.39 is 12.1 Å². The predicted molar refractivity (Wildman–Crippen MR) is 127 cm³/mol. The Labute approximate surface area is 196 Å². The number of halogens is 1. The molecule has 3 rings (SSSR count). The number of aliphatic carboxylic acids is 1. The molecule has 0 spiro atoms. The Morgan fingerprint density at radius 1 is 1.24 bits per heavy atom. The first-order valence-electron chi connectivity index (χ1n) is 11.8. The number of carbonyl (C=O) groups is 1. The van der Waals surface area contributed by atoms with Gasteiger partial charge in [0.05, 0.1) is 18.8 Å². The number of ether oxygens (including phenoxy) is 1. The van der Waals surface area contributed by atoms with E-state index in [2.05, 4.69) is 4.90 Å². The van der Waals surface area contributed by atoms with Gasteiger partial charge in [-0.1, -0.05) is 35.9 Å². The second kappa shape index (κ2) is 11.7. The highest BCUT2D eigenvalue weighted by molar-refractivity contribution is 5.67. The zero-order chi connectivity index (χ0) is 24.0. The van der Waals surface area contributed by atoms with Crippen molar-refractivity contribution in [2.45, 2.75) is 71.1 Å². The summed E-state index contributed by atoms with van der Waals surface area (Å²) < 4.78 is 19.9. The molecule has 1 aliphatic heterocycles. The van der Waals surface area contributed by atoms with E-state index in [-0.39, 0.29) is 24.9 Å². The molecule has 0 saturated carbocycles. The van der Waals surface area contributed by atoms with Gasteiger partial charge in [0.1, 0.15) is 5.82 Å². The van der Waals surface area contributed by atoms with E-state index >= 15 is 0 Å². The second-order valence-electron chi connectivity index (χ2n) is 9.30. The minimum Gasteiger partial charge on any atom is -0.481 e. The molecule has 180 valence electrons. The van der Waals surface area contributed by atoms with Crippen molar-refractivity contribution >= 4 is 5.97 Å². The van der Waals surface area contributed by atoms with Crippen LogP contribution in [0.15, 0.2) is 36.4 Å². The lowest BCUT2D eigenvalue weighted by Crippen LogP contribution is -2.39. The van der Waals surface area contributed by atoms with Crippen LogP contribution in [0.1, 0.15) is 60.1 Å². The van der Waals surface area contributed by atoms with Gasteiger partial charge in [-0.3, -0.25) is 9.69 Å². The van der Waals surface area contributed by atoms with Crippen LogP contribution in [0.25, 0.3) is 0 Å². The largest absolute Gasteiger partial charge is 0.481 e. The Morgan fingerprint density at radius 2 is 2.03 bits per heavy atom. The molecule has 1 saturated heterocycles. The molecule has 33 heavy (non-hydrogen) atoms. The lowest BCUT2D eigenvalue weighted by atomic mass is 9.97. The number of β-amino-alcohol motifs (C(OH)–C–C–N with tert-alkyl or cyclic N) is 1. The van der Waals surface area contributed by atoms with E-state index in [0.29, 0.717) is 24.6 Å². The third-order valence-electron chi connectivity index (χ3n) is 6.54. The SMILES string of the molecule is Cc1ccc(CCC(=O)O)c([C@@H](C)OC[C@H](O)CN2CCC[C@H]2Cc2ccc(C)c(F)c2)c1. The molecule has 6 heteroatoms. The van der Waals surface area contributed by atoms with E-state index in [1.54, 1.807) is 13.0 Å². The quantitative estimate of drug-likeness (QED) is 0.516. The minimum atomic E-state index is -0.820. The molecule has 0 aliphatic carbocycles. The van der Waals surface area contributed by atoms with Crippen molar-refractivity contribution in [3.05, 3.63) is 70.0 Å². The van der Waals surface area contributed by atoms with E-state index in [4.69, 9.17) is 9.84 Å². The van der Waals surface area contributed by atoms with Gasteiger partial charge in [0.2, 0.25) is 0 Å². The lowest BCUT2D eigenvalue weighted by molar-refractivity contribution is -0.136.